The van der Waals surface area contributed by atoms with Gasteiger partial charge < -0.3 is 33.8 Å². The molecule has 0 aliphatic heterocycles. The zero-order valence-corrected chi connectivity index (χ0v) is 65.7. The molecule has 0 aromatic carbocycles. The molecule has 0 aliphatic carbocycles. The van der Waals surface area contributed by atoms with Gasteiger partial charge in [-0.25, -0.2) is 9.13 Å². The third-order valence-electron chi connectivity index (χ3n) is 18.9. The number of aliphatic hydroxyl groups is 1. The molecule has 0 fully saturated rings. The Kier molecular flexibility index (Phi) is 70.6. The minimum atomic E-state index is -4.96. The van der Waals surface area contributed by atoms with E-state index in [1.807, 2.05) is 0 Å². The van der Waals surface area contributed by atoms with E-state index in [-0.39, 0.29) is 25.7 Å². The normalized spacial score (nSPS) is 14.2. The van der Waals surface area contributed by atoms with Crippen LogP contribution in [0.4, 0.5) is 0 Å². The molecule has 0 saturated carbocycles. The number of carbonyl (C=O) groups is 4. The van der Waals surface area contributed by atoms with Gasteiger partial charge in [-0.2, -0.15) is 0 Å². The van der Waals surface area contributed by atoms with Gasteiger partial charge in [0.15, 0.2) is 12.2 Å². The maximum absolute atomic E-state index is 13.1. The molecule has 17 nitrogen and oxygen atoms in total. The molecule has 582 valence electrons. The maximum atomic E-state index is 13.1. The summed E-state index contributed by atoms with van der Waals surface area (Å²) in [6.45, 7) is 7.33. The van der Waals surface area contributed by atoms with Crippen molar-refractivity contribution in [3.05, 3.63) is 0 Å². The second-order valence-electron chi connectivity index (χ2n) is 28.7. The van der Waals surface area contributed by atoms with Crippen LogP contribution < -0.4 is 0 Å². The van der Waals surface area contributed by atoms with E-state index < -0.39 is 97.5 Å². The van der Waals surface area contributed by atoms with E-state index in [2.05, 4.69) is 34.6 Å². The molecule has 0 aliphatic rings. The smallest absolute Gasteiger partial charge is 0.462 e. The SMILES string of the molecule is CCCCCCCCCCCCCCCCCCC(=O)OC[C@H](COP(=O)(O)OC[C@@H](O)COP(=O)(O)OC[C@@H](COC(=O)CCCCCCCCCCC(C)CC)OC(=O)CCCCCCCCCCCCCCCC)OC(=O)CCCCCCCCCCCCCCCCCC. The van der Waals surface area contributed by atoms with Crippen molar-refractivity contribution in [2.24, 2.45) is 5.92 Å². The van der Waals surface area contributed by atoms with Crippen molar-refractivity contribution in [2.45, 2.75) is 438 Å². The summed E-state index contributed by atoms with van der Waals surface area (Å²) in [5.41, 5.74) is 0. The Morgan fingerprint density at radius 1 is 0.286 bits per heavy atom. The lowest BCUT2D eigenvalue weighted by Gasteiger charge is -2.21. The van der Waals surface area contributed by atoms with Gasteiger partial charge in [0.1, 0.15) is 19.3 Å². The number of hydrogen-bond donors (Lipinski definition) is 3. The lowest BCUT2D eigenvalue weighted by atomic mass is 9.99. The molecule has 0 rings (SSSR count). The highest BCUT2D eigenvalue weighted by Gasteiger charge is 2.30. The molecule has 0 saturated heterocycles. The number of phosphoric acid groups is 2. The Labute approximate surface area is 600 Å². The molecule has 0 spiro atoms. The number of unbranched alkanes of at least 4 members (excludes halogenated alkanes) is 50. The Hall–Kier alpha value is -1.94. The Morgan fingerprint density at radius 3 is 0.724 bits per heavy atom. The first kappa shape index (κ1) is 96.1. The van der Waals surface area contributed by atoms with Gasteiger partial charge in [0.2, 0.25) is 0 Å². The van der Waals surface area contributed by atoms with Crippen LogP contribution in [0, 0.1) is 5.92 Å². The van der Waals surface area contributed by atoms with Crippen LogP contribution >= 0.6 is 15.6 Å². The largest absolute Gasteiger partial charge is 0.472 e. The molecule has 0 heterocycles. The van der Waals surface area contributed by atoms with E-state index in [4.69, 9.17) is 37.0 Å². The summed E-state index contributed by atoms with van der Waals surface area (Å²) >= 11 is 0. The highest BCUT2D eigenvalue weighted by atomic mass is 31.2. The molecule has 0 amide bonds. The number of hydrogen-bond acceptors (Lipinski definition) is 15. The second-order valence-corrected chi connectivity index (χ2v) is 31.6. The molecular formula is C79H154O17P2. The number of ether oxygens (including phenoxy) is 4. The maximum Gasteiger partial charge on any atom is 0.472 e. The molecule has 98 heavy (non-hydrogen) atoms. The zero-order chi connectivity index (χ0) is 71.9. The molecule has 19 heteroatoms. The van der Waals surface area contributed by atoms with Gasteiger partial charge in [-0.1, -0.05) is 369 Å². The standard InChI is InChI=1S/C79H154O17P2/c1-6-10-13-16-19-22-25-28-31-33-36-38-41-47-52-57-62-76(81)89-68-74(95-79(84)65-60-55-50-43-40-37-34-32-29-26-23-20-17-14-11-7-2)70-93-97(85,86)91-66-73(80)67-92-98(87,88)94-71-75(69-90-77(82)63-58-53-48-45-44-46-51-56-61-72(5)9-4)96-78(83)64-59-54-49-42-39-35-30-27-24-21-18-15-12-8-3/h72-75,80H,6-71H2,1-5H3,(H,85,86)(H,87,88)/t72?,73-,74-,75-/m1/s1. The summed E-state index contributed by atoms with van der Waals surface area (Å²) < 4.78 is 68.7. The first-order valence-corrected chi connectivity index (χ1v) is 44.2. The molecule has 0 bridgehead atoms. The summed E-state index contributed by atoms with van der Waals surface area (Å²) in [5.74, 6) is -1.33. The zero-order valence-electron chi connectivity index (χ0n) is 63.9. The van der Waals surface area contributed by atoms with Gasteiger partial charge in [0.25, 0.3) is 0 Å². The number of aliphatic hydroxyl groups excluding tert-OH is 1. The quantitative estimate of drug-likeness (QED) is 0.0222. The van der Waals surface area contributed by atoms with Crippen molar-refractivity contribution in [1.29, 1.82) is 0 Å². The van der Waals surface area contributed by atoms with Crippen LogP contribution in [0.5, 0.6) is 0 Å². The van der Waals surface area contributed by atoms with Crippen molar-refractivity contribution in [3.8, 4) is 0 Å². The van der Waals surface area contributed by atoms with Crippen LogP contribution in [0.3, 0.4) is 0 Å². The van der Waals surface area contributed by atoms with Gasteiger partial charge in [0.05, 0.1) is 26.4 Å². The monoisotopic (exact) mass is 1440 g/mol. The average Bonchev–Trinajstić information content (AvgIpc) is 2.17. The van der Waals surface area contributed by atoms with Crippen LogP contribution in [0.2, 0.25) is 0 Å². The number of carbonyl (C=O) groups excluding carboxylic acids is 4. The van der Waals surface area contributed by atoms with E-state index in [0.29, 0.717) is 25.7 Å². The first-order valence-electron chi connectivity index (χ1n) is 41.2. The van der Waals surface area contributed by atoms with Gasteiger partial charge in [-0.3, -0.25) is 37.3 Å². The Bertz CT molecular complexity index is 1880. The molecule has 6 atom stereocenters. The summed E-state index contributed by atoms with van der Waals surface area (Å²) in [6.07, 6.45) is 62.2. The summed E-state index contributed by atoms with van der Waals surface area (Å²) in [4.78, 5) is 73.0. The van der Waals surface area contributed by atoms with Crippen molar-refractivity contribution in [2.75, 3.05) is 39.6 Å². The van der Waals surface area contributed by atoms with E-state index in [1.54, 1.807) is 0 Å². The van der Waals surface area contributed by atoms with E-state index in [1.165, 1.54) is 244 Å². The summed E-state index contributed by atoms with van der Waals surface area (Å²) in [6, 6.07) is 0. The fourth-order valence-electron chi connectivity index (χ4n) is 12.2. The topological polar surface area (TPSA) is 237 Å². The van der Waals surface area contributed by atoms with E-state index >= 15 is 0 Å². The van der Waals surface area contributed by atoms with Crippen molar-refractivity contribution in [3.63, 3.8) is 0 Å². The van der Waals surface area contributed by atoms with Crippen molar-refractivity contribution in [1.82, 2.24) is 0 Å². The number of rotatable bonds is 79. The minimum Gasteiger partial charge on any atom is -0.462 e. The molecule has 3 unspecified atom stereocenters. The predicted molar refractivity (Wildman–Crippen MR) is 400 cm³/mol. The summed E-state index contributed by atoms with van der Waals surface area (Å²) in [7, 11) is -9.92. The van der Waals surface area contributed by atoms with Crippen LogP contribution in [0.15, 0.2) is 0 Å². The van der Waals surface area contributed by atoms with Crippen LogP contribution in [-0.2, 0) is 65.4 Å². The van der Waals surface area contributed by atoms with Crippen LogP contribution in [-0.4, -0.2) is 96.7 Å². The van der Waals surface area contributed by atoms with E-state index in [0.717, 1.165) is 95.8 Å². The van der Waals surface area contributed by atoms with Gasteiger partial charge >= 0.3 is 39.5 Å². The molecule has 3 N–H and O–H groups in total. The molecule has 0 aromatic heterocycles. The van der Waals surface area contributed by atoms with Gasteiger partial charge in [-0.15, -0.1) is 0 Å². The Balaban J connectivity index is 5.26. The number of esters is 4. The molecule has 0 aromatic rings. The lowest BCUT2D eigenvalue weighted by molar-refractivity contribution is -0.161. The third-order valence-corrected chi connectivity index (χ3v) is 20.8. The fraction of sp³-hybridized carbons (Fsp3) is 0.949. The van der Waals surface area contributed by atoms with Crippen LogP contribution in [0.25, 0.3) is 0 Å². The molecule has 0 radical (unpaired) electrons. The highest BCUT2D eigenvalue weighted by Crippen LogP contribution is 2.45. The van der Waals surface area contributed by atoms with Gasteiger partial charge in [0, 0.05) is 25.7 Å². The minimum absolute atomic E-state index is 0.108. The number of phosphoric ester groups is 2. The average molecular weight is 1440 g/mol. The fourth-order valence-corrected chi connectivity index (χ4v) is 13.8. The van der Waals surface area contributed by atoms with Crippen molar-refractivity contribution < 1.29 is 80.2 Å². The molecular weight excluding hydrogens is 1280 g/mol. The Morgan fingerprint density at radius 2 is 0.490 bits per heavy atom. The lowest BCUT2D eigenvalue weighted by Crippen LogP contribution is -2.30. The van der Waals surface area contributed by atoms with Crippen LogP contribution in [0.1, 0.15) is 420 Å². The summed E-state index contributed by atoms with van der Waals surface area (Å²) in [5, 5.41) is 10.6. The van der Waals surface area contributed by atoms with Crippen molar-refractivity contribution >= 4 is 39.5 Å². The third kappa shape index (κ3) is 71.1. The van der Waals surface area contributed by atoms with E-state index in [9.17, 15) is 43.2 Å². The highest BCUT2D eigenvalue weighted by molar-refractivity contribution is 7.47. The second kappa shape index (κ2) is 72.0. The predicted octanol–water partition coefficient (Wildman–Crippen LogP) is 23.6. The van der Waals surface area contributed by atoms with Gasteiger partial charge in [-0.05, 0) is 31.6 Å². The first-order chi connectivity index (χ1) is 47.6.